The topological polar surface area (TPSA) is 81.3 Å². The minimum atomic E-state index is -0.193. The van der Waals surface area contributed by atoms with Crippen LogP contribution in [0.2, 0.25) is 0 Å². The molecule has 0 bridgehead atoms. The van der Waals surface area contributed by atoms with Gasteiger partial charge in [0.2, 0.25) is 5.91 Å². The number of aromatic nitrogens is 2. The lowest BCUT2D eigenvalue weighted by Crippen LogP contribution is -2.36. The maximum atomic E-state index is 12.4. The molecule has 1 saturated heterocycles. The van der Waals surface area contributed by atoms with Gasteiger partial charge in [0.05, 0.1) is 23.3 Å². The number of carbonyl (C=O) groups excluding carboxylic acids is 1. The standard InChI is InChI=1S/C18H24N4O2S2/c1-18(2)8-11-12(9-24-18)26-16-14(11)15(19)20-17(21-16)25-10-13(23)22-6-4-3-5-7-22/h3-10H2,1-2H3,(H2,19,20,21). The van der Waals surface area contributed by atoms with E-state index >= 15 is 0 Å². The first-order chi connectivity index (χ1) is 12.4. The first-order valence-corrected chi connectivity index (χ1v) is 10.9. The molecule has 2 aliphatic heterocycles. The number of nitrogens with two attached hydrogens (primary N) is 1. The van der Waals surface area contributed by atoms with Crippen LogP contribution in [0.5, 0.6) is 0 Å². The number of nitrogens with zero attached hydrogens (tertiary/aromatic N) is 3. The Labute approximate surface area is 161 Å². The van der Waals surface area contributed by atoms with Crippen molar-refractivity contribution >= 4 is 45.0 Å². The van der Waals surface area contributed by atoms with Crippen molar-refractivity contribution in [2.45, 2.75) is 56.9 Å². The molecule has 4 rings (SSSR count). The van der Waals surface area contributed by atoms with Gasteiger partial charge >= 0.3 is 0 Å². The summed E-state index contributed by atoms with van der Waals surface area (Å²) in [4.78, 5) is 25.5. The van der Waals surface area contributed by atoms with Crippen LogP contribution in [0.1, 0.15) is 43.6 Å². The van der Waals surface area contributed by atoms with Crippen LogP contribution in [0.3, 0.4) is 0 Å². The van der Waals surface area contributed by atoms with Crippen molar-refractivity contribution in [2.75, 3.05) is 24.6 Å². The van der Waals surface area contributed by atoms with Gasteiger partial charge in [0, 0.05) is 24.4 Å². The second-order valence-corrected chi connectivity index (χ2v) is 9.56. The van der Waals surface area contributed by atoms with Crippen LogP contribution >= 0.6 is 23.1 Å². The fourth-order valence-corrected chi connectivity index (χ4v) is 5.50. The highest BCUT2D eigenvalue weighted by molar-refractivity contribution is 7.99. The van der Waals surface area contributed by atoms with Crippen LogP contribution in [0.25, 0.3) is 10.2 Å². The zero-order valence-electron chi connectivity index (χ0n) is 15.2. The van der Waals surface area contributed by atoms with Crippen LogP contribution in [-0.2, 0) is 22.6 Å². The number of fused-ring (bicyclic) bond motifs is 3. The highest BCUT2D eigenvalue weighted by Crippen LogP contribution is 2.40. The lowest BCUT2D eigenvalue weighted by molar-refractivity contribution is -0.129. The van der Waals surface area contributed by atoms with Crippen molar-refractivity contribution in [1.29, 1.82) is 0 Å². The third kappa shape index (κ3) is 3.54. The van der Waals surface area contributed by atoms with Crippen molar-refractivity contribution in [3.05, 3.63) is 10.4 Å². The van der Waals surface area contributed by atoms with Gasteiger partial charge in [0.1, 0.15) is 10.6 Å². The Kier molecular flexibility index (Phi) is 4.83. The number of amides is 1. The third-order valence-corrected chi connectivity index (χ3v) is 6.90. The lowest BCUT2D eigenvalue weighted by atomic mass is 9.94. The molecule has 0 unspecified atom stereocenters. The fourth-order valence-electron chi connectivity index (χ4n) is 3.58. The number of hydrogen-bond donors (Lipinski definition) is 1. The van der Waals surface area contributed by atoms with Crippen molar-refractivity contribution < 1.29 is 9.53 Å². The monoisotopic (exact) mass is 392 g/mol. The Balaban J connectivity index is 1.53. The molecule has 4 heterocycles. The average molecular weight is 393 g/mol. The SMILES string of the molecule is CC1(C)Cc2c(sc3nc(SCC(=O)N4CCCCC4)nc(N)c23)CO1. The van der Waals surface area contributed by atoms with Crippen molar-refractivity contribution in [2.24, 2.45) is 0 Å². The van der Waals surface area contributed by atoms with Gasteiger partial charge < -0.3 is 15.4 Å². The van der Waals surface area contributed by atoms with Gasteiger partial charge in [-0.25, -0.2) is 9.97 Å². The largest absolute Gasteiger partial charge is 0.383 e. The predicted molar refractivity (Wildman–Crippen MR) is 106 cm³/mol. The van der Waals surface area contributed by atoms with Crippen molar-refractivity contribution in [1.82, 2.24) is 14.9 Å². The number of likely N-dealkylation sites (tertiary alicyclic amines) is 1. The summed E-state index contributed by atoms with van der Waals surface area (Å²) >= 11 is 3.01. The Morgan fingerprint density at radius 2 is 2.08 bits per heavy atom. The summed E-state index contributed by atoms with van der Waals surface area (Å²) in [7, 11) is 0. The van der Waals surface area contributed by atoms with E-state index in [0.717, 1.165) is 42.6 Å². The summed E-state index contributed by atoms with van der Waals surface area (Å²) in [6.07, 6.45) is 4.24. The molecule has 0 aromatic carbocycles. The quantitative estimate of drug-likeness (QED) is 0.638. The molecule has 0 spiro atoms. The van der Waals surface area contributed by atoms with Crippen LogP contribution in [0.4, 0.5) is 5.82 Å². The van der Waals surface area contributed by atoms with Crippen molar-refractivity contribution in [3.8, 4) is 0 Å². The number of thiophene rings is 1. The van der Waals surface area contributed by atoms with E-state index in [0.29, 0.717) is 23.3 Å². The molecular weight excluding hydrogens is 368 g/mol. The molecule has 0 atom stereocenters. The molecule has 2 aromatic rings. The molecule has 1 amide bonds. The molecule has 2 aromatic heterocycles. The first-order valence-electron chi connectivity index (χ1n) is 9.05. The highest BCUT2D eigenvalue weighted by atomic mass is 32.2. The van der Waals surface area contributed by atoms with E-state index in [2.05, 4.69) is 23.8 Å². The molecule has 2 aliphatic rings. The maximum Gasteiger partial charge on any atom is 0.233 e. The molecule has 26 heavy (non-hydrogen) atoms. The van der Waals surface area contributed by atoms with E-state index in [1.165, 1.54) is 28.6 Å². The Morgan fingerprint density at radius 3 is 2.85 bits per heavy atom. The molecule has 6 nitrogen and oxygen atoms in total. The zero-order valence-corrected chi connectivity index (χ0v) is 16.8. The summed E-state index contributed by atoms with van der Waals surface area (Å²) in [5.41, 5.74) is 7.30. The second-order valence-electron chi connectivity index (χ2n) is 7.53. The summed E-state index contributed by atoms with van der Waals surface area (Å²) in [5.74, 6) is 1.04. The molecule has 0 radical (unpaired) electrons. The number of piperidine rings is 1. The lowest BCUT2D eigenvalue weighted by Gasteiger charge is -2.30. The molecular formula is C18H24N4O2S2. The zero-order chi connectivity index (χ0) is 18.3. The second kappa shape index (κ2) is 6.98. The minimum Gasteiger partial charge on any atom is -0.383 e. The average Bonchev–Trinajstić information content (AvgIpc) is 2.97. The molecule has 2 N–H and O–H groups in total. The van der Waals surface area contributed by atoms with E-state index in [4.69, 9.17) is 10.5 Å². The van der Waals surface area contributed by atoms with Crippen LogP contribution in [-0.4, -0.2) is 45.2 Å². The smallest absolute Gasteiger partial charge is 0.233 e. The summed E-state index contributed by atoms with van der Waals surface area (Å²) < 4.78 is 5.90. The Bertz CT molecular complexity index is 843. The van der Waals surface area contributed by atoms with Gasteiger partial charge in [-0.1, -0.05) is 11.8 Å². The van der Waals surface area contributed by atoms with Gasteiger partial charge in [-0.15, -0.1) is 11.3 Å². The van der Waals surface area contributed by atoms with E-state index in [1.807, 2.05) is 4.90 Å². The number of thioether (sulfide) groups is 1. The number of anilines is 1. The molecule has 8 heteroatoms. The van der Waals surface area contributed by atoms with E-state index in [9.17, 15) is 4.79 Å². The number of ether oxygens (including phenoxy) is 1. The van der Waals surface area contributed by atoms with E-state index in [1.54, 1.807) is 11.3 Å². The van der Waals surface area contributed by atoms with Crippen LogP contribution in [0.15, 0.2) is 5.16 Å². The summed E-state index contributed by atoms with van der Waals surface area (Å²) in [5, 5.41) is 1.55. The first kappa shape index (κ1) is 18.0. The molecule has 140 valence electrons. The van der Waals surface area contributed by atoms with Crippen LogP contribution in [0, 0.1) is 0 Å². The number of nitrogen functional groups attached to an aromatic ring is 1. The van der Waals surface area contributed by atoms with Gasteiger partial charge in [-0.05, 0) is 38.7 Å². The summed E-state index contributed by atoms with van der Waals surface area (Å²) in [6.45, 7) is 6.52. The molecule has 0 saturated carbocycles. The third-order valence-electron chi connectivity index (χ3n) is 4.97. The van der Waals surface area contributed by atoms with Gasteiger partial charge in [-0.3, -0.25) is 4.79 Å². The maximum absolute atomic E-state index is 12.4. The van der Waals surface area contributed by atoms with Gasteiger partial charge in [-0.2, -0.15) is 0 Å². The van der Waals surface area contributed by atoms with Gasteiger partial charge in [0.15, 0.2) is 5.16 Å². The normalized spacial score (nSPS) is 19.5. The number of carbonyl (C=O) groups is 1. The number of rotatable bonds is 3. The van der Waals surface area contributed by atoms with Crippen molar-refractivity contribution in [3.63, 3.8) is 0 Å². The van der Waals surface area contributed by atoms with Gasteiger partial charge in [0.25, 0.3) is 0 Å². The highest BCUT2D eigenvalue weighted by Gasteiger charge is 2.30. The summed E-state index contributed by atoms with van der Waals surface area (Å²) in [6, 6.07) is 0. The fraction of sp³-hybridized carbons (Fsp3) is 0.611. The van der Waals surface area contributed by atoms with E-state index < -0.39 is 0 Å². The Morgan fingerprint density at radius 1 is 1.31 bits per heavy atom. The molecule has 0 aliphatic carbocycles. The molecule has 1 fully saturated rings. The number of hydrogen-bond acceptors (Lipinski definition) is 7. The Hall–Kier alpha value is -1.38. The predicted octanol–water partition coefficient (Wildman–Crippen LogP) is 3.23. The van der Waals surface area contributed by atoms with Crippen LogP contribution < -0.4 is 5.73 Å². The minimum absolute atomic E-state index is 0.164. The van der Waals surface area contributed by atoms with E-state index in [-0.39, 0.29) is 11.5 Å².